The van der Waals surface area contributed by atoms with Crippen LogP contribution in [0.4, 0.5) is 5.69 Å². The molecule has 1 aromatic rings. The van der Waals surface area contributed by atoms with E-state index in [4.69, 9.17) is 0 Å². The van der Waals surface area contributed by atoms with Crippen LogP contribution >= 0.6 is 0 Å². The van der Waals surface area contributed by atoms with Crippen molar-refractivity contribution < 1.29 is 4.79 Å². The van der Waals surface area contributed by atoms with Crippen LogP contribution in [0.2, 0.25) is 0 Å². The van der Waals surface area contributed by atoms with Gasteiger partial charge in [-0.1, -0.05) is 38.5 Å². The van der Waals surface area contributed by atoms with Crippen LogP contribution in [0.1, 0.15) is 32.8 Å². The van der Waals surface area contributed by atoms with E-state index in [9.17, 15) is 4.79 Å². The van der Waals surface area contributed by atoms with E-state index in [0.29, 0.717) is 0 Å². The van der Waals surface area contributed by atoms with E-state index in [0.717, 1.165) is 12.1 Å². The van der Waals surface area contributed by atoms with E-state index in [2.05, 4.69) is 5.32 Å². The third-order valence-corrected chi connectivity index (χ3v) is 2.81. The van der Waals surface area contributed by atoms with Gasteiger partial charge in [0.05, 0.1) is 0 Å². The lowest BCUT2D eigenvalue weighted by Gasteiger charge is -2.21. The summed E-state index contributed by atoms with van der Waals surface area (Å²) in [4.78, 5) is 11.8. The van der Waals surface area contributed by atoms with Gasteiger partial charge in [0, 0.05) is 11.1 Å². The van der Waals surface area contributed by atoms with Crippen molar-refractivity contribution in [1.82, 2.24) is 0 Å². The molecule has 0 spiro atoms. The Labute approximate surface area is 91.7 Å². The summed E-state index contributed by atoms with van der Waals surface area (Å²) in [6.45, 7) is 7.96. The lowest BCUT2D eigenvalue weighted by molar-refractivity contribution is -0.124. The van der Waals surface area contributed by atoms with Gasteiger partial charge in [-0.25, -0.2) is 0 Å². The molecule has 1 amide bonds. The number of nitrogens with one attached hydrogen (secondary N) is 1. The van der Waals surface area contributed by atoms with Crippen molar-refractivity contribution in [2.75, 3.05) is 5.32 Å². The van der Waals surface area contributed by atoms with E-state index in [-0.39, 0.29) is 11.3 Å². The van der Waals surface area contributed by atoms with Gasteiger partial charge < -0.3 is 5.32 Å². The Morgan fingerprint density at radius 1 is 1.27 bits per heavy atom. The summed E-state index contributed by atoms with van der Waals surface area (Å²) in [5.74, 6) is 0.0776. The van der Waals surface area contributed by atoms with E-state index in [1.807, 2.05) is 52.0 Å². The molecule has 0 aliphatic carbocycles. The first-order valence-corrected chi connectivity index (χ1v) is 5.34. The number of aryl methyl sites for hydroxylation is 1. The second kappa shape index (κ2) is 4.47. The van der Waals surface area contributed by atoms with Gasteiger partial charge in [-0.15, -0.1) is 0 Å². The molecule has 0 fully saturated rings. The average Bonchev–Trinajstić information content (AvgIpc) is 2.21. The van der Waals surface area contributed by atoms with Crippen molar-refractivity contribution in [3.8, 4) is 0 Å². The maximum Gasteiger partial charge on any atom is 0.230 e. The molecular formula is C13H19NO. The van der Waals surface area contributed by atoms with Crippen LogP contribution < -0.4 is 5.32 Å². The maximum absolute atomic E-state index is 11.8. The highest BCUT2D eigenvalue weighted by atomic mass is 16.2. The summed E-state index contributed by atoms with van der Waals surface area (Å²) < 4.78 is 0. The van der Waals surface area contributed by atoms with Crippen molar-refractivity contribution >= 4 is 11.6 Å². The highest BCUT2D eigenvalue weighted by Gasteiger charge is 2.24. The van der Waals surface area contributed by atoms with Crippen LogP contribution in [0.15, 0.2) is 24.3 Å². The van der Waals surface area contributed by atoms with Gasteiger partial charge in [-0.2, -0.15) is 0 Å². The number of amides is 1. The van der Waals surface area contributed by atoms with Gasteiger partial charge in [0.15, 0.2) is 0 Å². The van der Waals surface area contributed by atoms with Gasteiger partial charge in [0.2, 0.25) is 5.91 Å². The number of hydrogen-bond donors (Lipinski definition) is 1. The highest BCUT2D eigenvalue weighted by molar-refractivity contribution is 5.94. The highest BCUT2D eigenvalue weighted by Crippen LogP contribution is 2.22. The Balaban J connectivity index is 2.71. The van der Waals surface area contributed by atoms with E-state index in [1.54, 1.807) is 0 Å². The average molecular weight is 205 g/mol. The summed E-state index contributed by atoms with van der Waals surface area (Å²) >= 11 is 0. The molecule has 1 aromatic carbocycles. The molecule has 2 nitrogen and oxygen atoms in total. The van der Waals surface area contributed by atoms with E-state index < -0.39 is 0 Å². The minimum atomic E-state index is -0.301. The third kappa shape index (κ3) is 3.08. The van der Waals surface area contributed by atoms with Gasteiger partial charge >= 0.3 is 0 Å². The van der Waals surface area contributed by atoms with E-state index in [1.165, 1.54) is 5.56 Å². The van der Waals surface area contributed by atoms with Crippen LogP contribution in [0.3, 0.4) is 0 Å². The molecule has 0 heterocycles. The Bertz CT molecular complexity index is 338. The van der Waals surface area contributed by atoms with Crippen molar-refractivity contribution in [2.45, 2.75) is 34.1 Å². The summed E-state index contributed by atoms with van der Waals surface area (Å²) in [7, 11) is 0. The Morgan fingerprint density at radius 2 is 1.80 bits per heavy atom. The molecule has 0 atom stereocenters. The Hall–Kier alpha value is -1.31. The fourth-order valence-corrected chi connectivity index (χ4v) is 1.10. The monoisotopic (exact) mass is 205 g/mol. The summed E-state index contributed by atoms with van der Waals surface area (Å²) in [6, 6.07) is 7.85. The Kier molecular flexibility index (Phi) is 3.51. The molecule has 0 aliphatic heterocycles. The molecule has 0 aliphatic rings. The number of carbonyl (C=O) groups excluding carboxylic acids is 1. The van der Waals surface area contributed by atoms with Crippen molar-refractivity contribution in [3.05, 3.63) is 29.8 Å². The molecule has 1 N–H and O–H groups in total. The molecule has 0 radical (unpaired) electrons. The van der Waals surface area contributed by atoms with Crippen LogP contribution in [0.5, 0.6) is 0 Å². The maximum atomic E-state index is 11.8. The topological polar surface area (TPSA) is 29.1 Å². The predicted molar refractivity (Wildman–Crippen MR) is 63.9 cm³/mol. The first-order valence-electron chi connectivity index (χ1n) is 5.34. The minimum Gasteiger partial charge on any atom is -0.326 e. The van der Waals surface area contributed by atoms with Gasteiger partial charge in [0.1, 0.15) is 0 Å². The summed E-state index contributed by atoms with van der Waals surface area (Å²) in [5, 5.41) is 2.92. The normalized spacial score (nSPS) is 11.2. The van der Waals surface area contributed by atoms with Crippen molar-refractivity contribution in [1.29, 1.82) is 0 Å². The fourth-order valence-electron chi connectivity index (χ4n) is 1.10. The summed E-state index contributed by atoms with van der Waals surface area (Å²) in [6.07, 6.45) is 0.838. The molecule has 15 heavy (non-hydrogen) atoms. The largest absolute Gasteiger partial charge is 0.326 e. The smallest absolute Gasteiger partial charge is 0.230 e. The zero-order chi connectivity index (χ0) is 11.5. The zero-order valence-electron chi connectivity index (χ0n) is 9.92. The van der Waals surface area contributed by atoms with Gasteiger partial charge in [-0.05, 0) is 25.5 Å². The molecule has 0 unspecified atom stereocenters. The number of hydrogen-bond acceptors (Lipinski definition) is 1. The standard InChI is InChI=1S/C13H19NO/c1-5-13(3,4)12(15)14-11-8-6-10(2)7-9-11/h6-9H,5H2,1-4H3,(H,14,15). The van der Waals surface area contributed by atoms with Crippen molar-refractivity contribution in [2.24, 2.45) is 5.41 Å². The Morgan fingerprint density at radius 3 is 2.27 bits per heavy atom. The number of anilines is 1. The molecule has 0 bridgehead atoms. The first kappa shape index (κ1) is 11.8. The lowest BCUT2D eigenvalue weighted by atomic mass is 9.89. The number of benzene rings is 1. The SMILES string of the molecule is CCC(C)(C)C(=O)Nc1ccc(C)cc1. The number of carbonyl (C=O) groups is 1. The zero-order valence-corrected chi connectivity index (χ0v) is 9.92. The third-order valence-electron chi connectivity index (χ3n) is 2.81. The van der Waals surface area contributed by atoms with Crippen LogP contribution in [-0.4, -0.2) is 5.91 Å². The van der Waals surface area contributed by atoms with Gasteiger partial charge in [0.25, 0.3) is 0 Å². The second-order valence-corrected chi connectivity index (χ2v) is 4.56. The molecule has 2 heteroatoms. The second-order valence-electron chi connectivity index (χ2n) is 4.56. The lowest BCUT2D eigenvalue weighted by Crippen LogP contribution is -2.29. The molecular weight excluding hydrogens is 186 g/mol. The van der Waals surface area contributed by atoms with Crippen LogP contribution in [0, 0.1) is 12.3 Å². The molecule has 0 aromatic heterocycles. The van der Waals surface area contributed by atoms with Gasteiger partial charge in [-0.3, -0.25) is 4.79 Å². The molecule has 0 saturated carbocycles. The van der Waals surface area contributed by atoms with Crippen LogP contribution in [0.25, 0.3) is 0 Å². The van der Waals surface area contributed by atoms with E-state index >= 15 is 0 Å². The first-order chi connectivity index (χ1) is 6.95. The molecule has 1 rings (SSSR count). The summed E-state index contributed by atoms with van der Waals surface area (Å²) in [5.41, 5.74) is 1.76. The molecule has 82 valence electrons. The quantitative estimate of drug-likeness (QED) is 0.805. The van der Waals surface area contributed by atoms with Crippen LogP contribution in [-0.2, 0) is 4.79 Å². The predicted octanol–water partition coefficient (Wildman–Crippen LogP) is 3.37. The van der Waals surface area contributed by atoms with Crippen molar-refractivity contribution in [3.63, 3.8) is 0 Å². The molecule has 0 saturated heterocycles. The minimum absolute atomic E-state index is 0.0776. The number of rotatable bonds is 3. The fraction of sp³-hybridized carbons (Fsp3) is 0.462.